The van der Waals surface area contributed by atoms with Crippen LogP contribution in [0.3, 0.4) is 0 Å². The molecule has 0 amide bonds. The van der Waals surface area contributed by atoms with Gasteiger partial charge in [-0.25, -0.2) is 4.39 Å². The molecule has 0 aliphatic heterocycles. The molecular formula is C13H9Br2ClFNO. The highest BCUT2D eigenvalue weighted by molar-refractivity contribution is 9.10. The maximum absolute atomic E-state index is 14.1. The lowest BCUT2D eigenvalue weighted by Crippen LogP contribution is -2.00. The van der Waals surface area contributed by atoms with Crippen LogP contribution in [-0.2, 0) is 6.54 Å². The van der Waals surface area contributed by atoms with E-state index in [9.17, 15) is 4.39 Å². The lowest BCUT2D eigenvalue weighted by Gasteiger charge is -2.11. The molecule has 0 bridgehead atoms. The fourth-order valence-electron chi connectivity index (χ4n) is 1.48. The summed E-state index contributed by atoms with van der Waals surface area (Å²) >= 11 is 12.5. The van der Waals surface area contributed by atoms with Gasteiger partial charge in [0.1, 0.15) is 5.75 Å². The average Bonchev–Trinajstić information content (AvgIpc) is 2.38. The minimum Gasteiger partial charge on any atom is -0.453 e. The zero-order valence-electron chi connectivity index (χ0n) is 9.59. The molecule has 0 aliphatic rings. The Kier molecular flexibility index (Phi) is 4.84. The van der Waals surface area contributed by atoms with Crippen LogP contribution < -0.4 is 10.5 Å². The van der Waals surface area contributed by atoms with Crippen LogP contribution >= 0.6 is 43.5 Å². The molecule has 2 aromatic carbocycles. The molecule has 0 heterocycles. The highest BCUT2D eigenvalue weighted by Crippen LogP contribution is 2.35. The number of nitrogens with two attached hydrogens (primary N) is 1. The molecule has 0 radical (unpaired) electrons. The molecule has 0 fully saturated rings. The van der Waals surface area contributed by atoms with Crippen molar-refractivity contribution < 1.29 is 9.13 Å². The minimum absolute atomic E-state index is 0.0910. The van der Waals surface area contributed by atoms with E-state index in [1.807, 2.05) is 0 Å². The van der Waals surface area contributed by atoms with Gasteiger partial charge in [0.05, 0.1) is 9.50 Å². The Labute approximate surface area is 132 Å². The van der Waals surface area contributed by atoms with E-state index in [0.717, 1.165) is 4.47 Å². The van der Waals surface area contributed by atoms with Crippen molar-refractivity contribution in [2.75, 3.05) is 0 Å². The maximum atomic E-state index is 14.1. The largest absolute Gasteiger partial charge is 0.453 e. The quantitative estimate of drug-likeness (QED) is 0.751. The summed E-state index contributed by atoms with van der Waals surface area (Å²) in [5, 5.41) is 0.396. The zero-order chi connectivity index (χ0) is 14.0. The first-order valence-electron chi connectivity index (χ1n) is 5.32. The van der Waals surface area contributed by atoms with E-state index in [0.29, 0.717) is 20.8 Å². The zero-order valence-corrected chi connectivity index (χ0v) is 13.5. The third kappa shape index (κ3) is 3.28. The summed E-state index contributed by atoms with van der Waals surface area (Å²) in [6.07, 6.45) is 0. The van der Waals surface area contributed by atoms with Gasteiger partial charge in [0.15, 0.2) is 11.6 Å². The molecule has 0 atom stereocenters. The van der Waals surface area contributed by atoms with Gasteiger partial charge in [-0.1, -0.05) is 33.6 Å². The van der Waals surface area contributed by atoms with Crippen molar-refractivity contribution >= 4 is 43.5 Å². The van der Waals surface area contributed by atoms with Crippen LogP contribution in [0.4, 0.5) is 4.39 Å². The number of rotatable bonds is 3. The van der Waals surface area contributed by atoms with Crippen LogP contribution in [0.25, 0.3) is 0 Å². The second-order valence-corrected chi connectivity index (χ2v) is 5.85. The Morgan fingerprint density at radius 2 is 1.84 bits per heavy atom. The van der Waals surface area contributed by atoms with Gasteiger partial charge in [0, 0.05) is 11.0 Å². The van der Waals surface area contributed by atoms with Gasteiger partial charge in [-0.2, -0.15) is 0 Å². The molecule has 2 rings (SSSR count). The summed E-state index contributed by atoms with van der Waals surface area (Å²) in [5.74, 6) is -0.0219. The van der Waals surface area contributed by atoms with Crippen molar-refractivity contribution in [2.24, 2.45) is 5.73 Å². The van der Waals surface area contributed by atoms with E-state index < -0.39 is 5.82 Å². The smallest absolute Gasteiger partial charge is 0.180 e. The van der Waals surface area contributed by atoms with E-state index >= 15 is 0 Å². The highest BCUT2D eigenvalue weighted by Gasteiger charge is 2.13. The van der Waals surface area contributed by atoms with Crippen molar-refractivity contribution in [3.8, 4) is 11.5 Å². The second-order valence-electron chi connectivity index (χ2n) is 3.73. The third-order valence-electron chi connectivity index (χ3n) is 2.46. The lowest BCUT2D eigenvalue weighted by atomic mass is 10.2. The minimum atomic E-state index is -0.498. The lowest BCUT2D eigenvalue weighted by molar-refractivity contribution is 0.440. The molecule has 2 nitrogen and oxygen atoms in total. The first-order chi connectivity index (χ1) is 9.02. The van der Waals surface area contributed by atoms with Gasteiger partial charge < -0.3 is 10.5 Å². The first kappa shape index (κ1) is 14.8. The summed E-state index contributed by atoms with van der Waals surface area (Å²) < 4.78 is 20.7. The molecular weight excluding hydrogens is 400 g/mol. The van der Waals surface area contributed by atoms with Gasteiger partial charge in [-0.05, 0) is 45.8 Å². The van der Waals surface area contributed by atoms with Crippen LogP contribution in [0.5, 0.6) is 11.5 Å². The second kappa shape index (κ2) is 6.22. The predicted octanol–water partition coefficient (Wildman–Crippen LogP) is 5.26. The molecule has 0 aliphatic carbocycles. The van der Waals surface area contributed by atoms with Gasteiger partial charge in [-0.15, -0.1) is 0 Å². The van der Waals surface area contributed by atoms with Crippen molar-refractivity contribution in [1.82, 2.24) is 0 Å². The number of benzene rings is 2. The maximum Gasteiger partial charge on any atom is 0.180 e. The van der Waals surface area contributed by atoms with Crippen molar-refractivity contribution in [1.29, 1.82) is 0 Å². The SMILES string of the molecule is NCc1ccc(Oc2ccc(Br)cc2Cl)c(F)c1Br. The van der Waals surface area contributed by atoms with Crippen LogP contribution in [0.2, 0.25) is 5.02 Å². The van der Waals surface area contributed by atoms with E-state index in [1.54, 1.807) is 24.3 Å². The molecule has 0 spiro atoms. The molecule has 0 unspecified atom stereocenters. The van der Waals surface area contributed by atoms with Crippen LogP contribution in [0.15, 0.2) is 39.3 Å². The number of ether oxygens (including phenoxy) is 1. The fourth-order valence-corrected chi connectivity index (χ4v) is 2.69. The van der Waals surface area contributed by atoms with E-state index in [4.69, 9.17) is 22.1 Å². The van der Waals surface area contributed by atoms with Crippen molar-refractivity contribution in [3.63, 3.8) is 0 Å². The molecule has 2 N–H and O–H groups in total. The normalized spacial score (nSPS) is 10.6. The Morgan fingerprint density at radius 3 is 2.47 bits per heavy atom. The molecule has 2 aromatic rings. The predicted molar refractivity (Wildman–Crippen MR) is 81.2 cm³/mol. The first-order valence-corrected chi connectivity index (χ1v) is 7.29. The summed E-state index contributed by atoms with van der Waals surface area (Å²) in [4.78, 5) is 0. The Morgan fingerprint density at radius 1 is 1.16 bits per heavy atom. The number of halogens is 4. The van der Waals surface area contributed by atoms with Crippen molar-refractivity contribution in [2.45, 2.75) is 6.54 Å². The molecule has 0 saturated carbocycles. The molecule has 19 heavy (non-hydrogen) atoms. The van der Waals surface area contributed by atoms with Crippen molar-refractivity contribution in [3.05, 3.63) is 55.7 Å². The molecule has 100 valence electrons. The van der Waals surface area contributed by atoms with Crippen LogP contribution in [0.1, 0.15) is 5.56 Å². The highest BCUT2D eigenvalue weighted by atomic mass is 79.9. The third-order valence-corrected chi connectivity index (χ3v) is 4.11. The summed E-state index contributed by atoms with van der Waals surface area (Å²) in [6, 6.07) is 8.34. The van der Waals surface area contributed by atoms with E-state index in [2.05, 4.69) is 31.9 Å². The monoisotopic (exact) mass is 407 g/mol. The van der Waals surface area contributed by atoms with Gasteiger partial charge in [0.25, 0.3) is 0 Å². The summed E-state index contributed by atoms with van der Waals surface area (Å²) in [7, 11) is 0. The van der Waals surface area contributed by atoms with Gasteiger partial charge in [0.2, 0.25) is 0 Å². The fraction of sp³-hybridized carbons (Fsp3) is 0.0769. The number of hydrogen-bond acceptors (Lipinski definition) is 2. The Bertz CT molecular complexity index is 622. The van der Waals surface area contributed by atoms with E-state index in [1.165, 1.54) is 6.07 Å². The molecule has 0 saturated heterocycles. The van der Waals surface area contributed by atoms with Gasteiger partial charge in [-0.3, -0.25) is 0 Å². The van der Waals surface area contributed by atoms with Crippen LogP contribution in [-0.4, -0.2) is 0 Å². The summed E-state index contributed by atoms with van der Waals surface area (Å²) in [5.41, 5.74) is 6.17. The Hall–Kier alpha value is -0.620. The average molecular weight is 409 g/mol. The van der Waals surface area contributed by atoms with Crippen LogP contribution in [0, 0.1) is 5.82 Å². The summed E-state index contributed by atoms with van der Waals surface area (Å²) in [6.45, 7) is 0.247. The van der Waals surface area contributed by atoms with E-state index in [-0.39, 0.29) is 12.3 Å². The molecule has 6 heteroatoms. The topological polar surface area (TPSA) is 35.2 Å². The Balaban J connectivity index is 2.36. The van der Waals surface area contributed by atoms with Gasteiger partial charge >= 0.3 is 0 Å². The number of hydrogen-bond donors (Lipinski definition) is 1. The standard InChI is InChI=1S/C13H9Br2ClFNO/c14-8-2-4-10(9(16)5-8)19-11-3-1-7(6-18)12(15)13(11)17/h1-5H,6,18H2. The molecule has 0 aromatic heterocycles.